The summed E-state index contributed by atoms with van der Waals surface area (Å²) < 4.78 is 5.50. The van der Waals surface area contributed by atoms with Gasteiger partial charge in [0, 0.05) is 22.6 Å². The van der Waals surface area contributed by atoms with Crippen molar-refractivity contribution in [2.45, 2.75) is 26.8 Å². The Morgan fingerprint density at radius 2 is 2.12 bits per heavy atom. The molecular formula is C14H20N2O. The van der Waals surface area contributed by atoms with Gasteiger partial charge in [0.25, 0.3) is 0 Å². The fraction of sp³-hybridized carbons (Fsp3) is 0.429. The Labute approximate surface area is 102 Å². The summed E-state index contributed by atoms with van der Waals surface area (Å²) in [5.41, 5.74) is 2.38. The van der Waals surface area contributed by atoms with E-state index in [-0.39, 0.29) is 0 Å². The Hall–Kier alpha value is -1.48. The molecule has 0 saturated heterocycles. The van der Waals surface area contributed by atoms with Crippen LogP contribution < -0.4 is 10.1 Å². The summed E-state index contributed by atoms with van der Waals surface area (Å²) in [6.07, 6.45) is 0. The van der Waals surface area contributed by atoms with Crippen LogP contribution in [0.25, 0.3) is 10.9 Å². The molecule has 0 saturated carbocycles. The van der Waals surface area contributed by atoms with Crippen molar-refractivity contribution in [1.29, 1.82) is 0 Å². The minimum absolute atomic E-state index is 0.350. The van der Waals surface area contributed by atoms with Gasteiger partial charge < -0.3 is 15.0 Å². The molecule has 1 aromatic carbocycles. The third-order valence-electron chi connectivity index (χ3n) is 2.90. The first kappa shape index (κ1) is 12.0. The molecule has 3 nitrogen and oxygen atoms in total. The third-order valence-corrected chi connectivity index (χ3v) is 2.90. The predicted octanol–water partition coefficient (Wildman–Crippen LogP) is 3.24. The van der Waals surface area contributed by atoms with Crippen LogP contribution in [0.4, 0.5) is 0 Å². The molecule has 2 N–H and O–H groups in total. The van der Waals surface area contributed by atoms with E-state index in [1.807, 2.05) is 13.0 Å². The highest BCUT2D eigenvalue weighted by molar-refractivity contribution is 5.82. The SMILES string of the molecule is CCNC(C)c1cc2cc(OCC)ccc2[nH]1. The molecule has 1 heterocycles. The third kappa shape index (κ3) is 2.61. The minimum Gasteiger partial charge on any atom is -0.494 e. The number of aromatic nitrogens is 1. The molecule has 17 heavy (non-hydrogen) atoms. The standard InChI is InChI=1S/C14H20N2O/c1-4-15-10(3)14-9-11-8-12(17-5-2)6-7-13(11)16-14/h6-10,15-16H,4-5H2,1-3H3. The monoisotopic (exact) mass is 232 g/mol. The van der Waals surface area contributed by atoms with E-state index >= 15 is 0 Å². The summed E-state index contributed by atoms with van der Waals surface area (Å²) >= 11 is 0. The largest absolute Gasteiger partial charge is 0.494 e. The molecule has 0 radical (unpaired) electrons. The van der Waals surface area contributed by atoms with Crippen LogP contribution in [0, 0.1) is 0 Å². The number of hydrogen-bond donors (Lipinski definition) is 2. The van der Waals surface area contributed by atoms with Crippen LogP contribution in [0.3, 0.4) is 0 Å². The molecule has 2 aromatic rings. The lowest BCUT2D eigenvalue weighted by Crippen LogP contribution is -2.17. The van der Waals surface area contributed by atoms with E-state index in [1.54, 1.807) is 0 Å². The summed E-state index contributed by atoms with van der Waals surface area (Å²) in [5.74, 6) is 0.932. The maximum atomic E-state index is 5.50. The van der Waals surface area contributed by atoms with Gasteiger partial charge in [0.1, 0.15) is 5.75 Å². The van der Waals surface area contributed by atoms with Crippen molar-refractivity contribution in [2.75, 3.05) is 13.2 Å². The molecule has 0 aliphatic rings. The quantitative estimate of drug-likeness (QED) is 0.830. The molecule has 3 heteroatoms. The van der Waals surface area contributed by atoms with Crippen LogP contribution in [0.15, 0.2) is 24.3 Å². The highest BCUT2D eigenvalue weighted by Gasteiger charge is 2.08. The maximum Gasteiger partial charge on any atom is 0.120 e. The maximum absolute atomic E-state index is 5.50. The molecule has 92 valence electrons. The van der Waals surface area contributed by atoms with Crippen LogP contribution >= 0.6 is 0 Å². The second-order valence-electron chi connectivity index (χ2n) is 4.19. The number of fused-ring (bicyclic) bond motifs is 1. The number of rotatable bonds is 5. The Kier molecular flexibility index (Phi) is 3.69. The fourth-order valence-corrected chi connectivity index (χ4v) is 2.04. The summed E-state index contributed by atoms with van der Waals surface area (Å²) in [4.78, 5) is 3.43. The van der Waals surface area contributed by atoms with E-state index in [0.29, 0.717) is 12.6 Å². The van der Waals surface area contributed by atoms with Crippen LogP contribution in [-0.4, -0.2) is 18.1 Å². The summed E-state index contributed by atoms with van der Waals surface area (Å²) in [5, 5.41) is 4.60. The number of H-pyrrole nitrogens is 1. The smallest absolute Gasteiger partial charge is 0.120 e. The van der Waals surface area contributed by atoms with E-state index in [1.165, 1.54) is 11.1 Å². The van der Waals surface area contributed by atoms with Gasteiger partial charge in [0.2, 0.25) is 0 Å². The minimum atomic E-state index is 0.350. The first-order chi connectivity index (χ1) is 8.24. The van der Waals surface area contributed by atoms with Crippen molar-refractivity contribution in [3.8, 4) is 5.75 Å². The van der Waals surface area contributed by atoms with Crippen molar-refractivity contribution >= 4 is 10.9 Å². The van der Waals surface area contributed by atoms with Gasteiger partial charge in [0.05, 0.1) is 6.61 Å². The van der Waals surface area contributed by atoms with E-state index in [0.717, 1.165) is 17.8 Å². The number of ether oxygens (including phenoxy) is 1. The van der Waals surface area contributed by atoms with Gasteiger partial charge in [0.15, 0.2) is 0 Å². The normalized spacial score (nSPS) is 12.9. The van der Waals surface area contributed by atoms with E-state index < -0.39 is 0 Å². The Morgan fingerprint density at radius 3 is 2.82 bits per heavy atom. The summed E-state index contributed by atoms with van der Waals surface area (Å²) in [6, 6.07) is 8.69. The fourth-order valence-electron chi connectivity index (χ4n) is 2.04. The lowest BCUT2D eigenvalue weighted by molar-refractivity contribution is 0.341. The number of hydrogen-bond acceptors (Lipinski definition) is 2. The number of nitrogens with one attached hydrogen (secondary N) is 2. The zero-order valence-corrected chi connectivity index (χ0v) is 10.7. The molecule has 0 spiro atoms. The van der Waals surface area contributed by atoms with E-state index in [9.17, 15) is 0 Å². The van der Waals surface area contributed by atoms with Crippen LogP contribution in [-0.2, 0) is 0 Å². The van der Waals surface area contributed by atoms with Gasteiger partial charge in [-0.15, -0.1) is 0 Å². The number of aromatic amines is 1. The Bertz CT molecular complexity index is 490. The van der Waals surface area contributed by atoms with Crippen molar-refractivity contribution in [2.24, 2.45) is 0 Å². The lowest BCUT2D eigenvalue weighted by atomic mass is 10.2. The molecule has 0 bridgehead atoms. The Balaban J connectivity index is 2.30. The summed E-state index contributed by atoms with van der Waals surface area (Å²) in [6.45, 7) is 7.96. The Morgan fingerprint density at radius 1 is 1.29 bits per heavy atom. The molecular weight excluding hydrogens is 212 g/mol. The predicted molar refractivity (Wildman–Crippen MR) is 71.6 cm³/mol. The molecule has 0 fully saturated rings. The molecule has 0 amide bonds. The molecule has 1 atom stereocenters. The summed E-state index contributed by atoms with van der Waals surface area (Å²) in [7, 11) is 0. The highest BCUT2D eigenvalue weighted by Crippen LogP contribution is 2.24. The van der Waals surface area contributed by atoms with Crippen molar-refractivity contribution in [1.82, 2.24) is 10.3 Å². The zero-order chi connectivity index (χ0) is 12.3. The van der Waals surface area contributed by atoms with Crippen LogP contribution in [0.2, 0.25) is 0 Å². The molecule has 1 aromatic heterocycles. The van der Waals surface area contributed by atoms with Gasteiger partial charge in [-0.1, -0.05) is 6.92 Å². The van der Waals surface area contributed by atoms with Crippen LogP contribution in [0.1, 0.15) is 32.5 Å². The first-order valence-corrected chi connectivity index (χ1v) is 6.23. The second-order valence-corrected chi connectivity index (χ2v) is 4.19. The van der Waals surface area contributed by atoms with Crippen LogP contribution in [0.5, 0.6) is 5.75 Å². The van der Waals surface area contributed by atoms with Crippen molar-refractivity contribution in [3.63, 3.8) is 0 Å². The number of benzene rings is 1. The molecule has 2 rings (SSSR count). The topological polar surface area (TPSA) is 37.0 Å². The average Bonchev–Trinajstić information content (AvgIpc) is 2.73. The van der Waals surface area contributed by atoms with Gasteiger partial charge in [-0.25, -0.2) is 0 Å². The first-order valence-electron chi connectivity index (χ1n) is 6.23. The van der Waals surface area contributed by atoms with Gasteiger partial charge in [-0.3, -0.25) is 0 Å². The van der Waals surface area contributed by atoms with E-state index in [2.05, 4.69) is 42.3 Å². The molecule has 0 aliphatic heterocycles. The molecule has 0 aliphatic carbocycles. The van der Waals surface area contributed by atoms with Crippen molar-refractivity contribution < 1.29 is 4.74 Å². The second kappa shape index (κ2) is 5.23. The van der Waals surface area contributed by atoms with E-state index in [4.69, 9.17) is 4.74 Å². The van der Waals surface area contributed by atoms with Gasteiger partial charge >= 0.3 is 0 Å². The zero-order valence-electron chi connectivity index (χ0n) is 10.7. The lowest BCUT2D eigenvalue weighted by Gasteiger charge is -2.09. The van der Waals surface area contributed by atoms with Gasteiger partial charge in [-0.2, -0.15) is 0 Å². The highest BCUT2D eigenvalue weighted by atomic mass is 16.5. The average molecular weight is 232 g/mol. The van der Waals surface area contributed by atoms with Crippen molar-refractivity contribution in [3.05, 3.63) is 30.0 Å². The molecule has 1 unspecified atom stereocenters. The van der Waals surface area contributed by atoms with Gasteiger partial charge in [-0.05, 0) is 44.7 Å².